The molecule has 0 radical (unpaired) electrons. The minimum Gasteiger partial charge on any atom is -0.424 e. The fourth-order valence-corrected chi connectivity index (χ4v) is 2.91. The van der Waals surface area contributed by atoms with Crippen LogP contribution in [0.4, 0.5) is 39.5 Å². The van der Waals surface area contributed by atoms with Gasteiger partial charge >= 0.3 is 36.6 Å². The van der Waals surface area contributed by atoms with Gasteiger partial charge in [0.15, 0.2) is 0 Å². The van der Waals surface area contributed by atoms with Gasteiger partial charge in [-0.25, -0.2) is 0 Å². The SMILES string of the molecule is FC(F)(F)c1ccc(Oc2nc(Oc3ccc(C(F)(F)F)cc3)nc(Oc3ccc(C(F)(F)F)cc3)n2)cc1. The van der Waals surface area contributed by atoms with Crippen LogP contribution in [0.1, 0.15) is 16.7 Å². The summed E-state index contributed by atoms with van der Waals surface area (Å²) in [6.45, 7) is 0. The molecule has 4 rings (SSSR count). The number of alkyl halides is 9. The molecule has 0 unspecified atom stereocenters. The van der Waals surface area contributed by atoms with Gasteiger partial charge in [0, 0.05) is 0 Å². The first-order chi connectivity index (χ1) is 18.2. The molecule has 15 heteroatoms. The van der Waals surface area contributed by atoms with Crippen molar-refractivity contribution in [2.45, 2.75) is 18.5 Å². The largest absolute Gasteiger partial charge is 0.424 e. The molecule has 39 heavy (non-hydrogen) atoms. The molecule has 6 nitrogen and oxygen atoms in total. The second kappa shape index (κ2) is 10.3. The molecule has 0 saturated carbocycles. The van der Waals surface area contributed by atoms with E-state index in [1.54, 1.807) is 0 Å². The van der Waals surface area contributed by atoms with Crippen LogP contribution in [-0.4, -0.2) is 15.0 Å². The molecule has 1 heterocycles. The molecule has 0 saturated heterocycles. The van der Waals surface area contributed by atoms with E-state index >= 15 is 0 Å². The highest BCUT2D eigenvalue weighted by atomic mass is 19.4. The summed E-state index contributed by atoms with van der Waals surface area (Å²) in [5.41, 5.74) is -2.87. The standard InChI is InChI=1S/C24H12F9N3O3/c25-22(26,27)13-1-7-16(8-2-13)37-19-34-20(38-17-9-3-14(4-10-17)23(28,29)30)36-21(35-19)39-18-11-5-15(6-12-18)24(31,32)33/h1-12H. The molecule has 4 aromatic rings. The van der Waals surface area contributed by atoms with Gasteiger partial charge in [0.25, 0.3) is 0 Å². The highest BCUT2D eigenvalue weighted by molar-refractivity contribution is 5.34. The molecule has 0 bridgehead atoms. The first-order valence-corrected chi connectivity index (χ1v) is 10.5. The second-order valence-corrected chi connectivity index (χ2v) is 7.56. The van der Waals surface area contributed by atoms with Crippen molar-refractivity contribution in [3.8, 4) is 35.3 Å². The van der Waals surface area contributed by atoms with Crippen molar-refractivity contribution in [2.75, 3.05) is 0 Å². The molecule has 0 aliphatic heterocycles. The van der Waals surface area contributed by atoms with Crippen molar-refractivity contribution in [1.29, 1.82) is 0 Å². The fraction of sp³-hybridized carbons (Fsp3) is 0.125. The zero-order valence-electron chi connectivity index (χ0n) is 18.9. The normalized spacial score (nSPS) is 12.2. The molecule has 0 N–H and O–H groups in total. The summed E-state index contributed by atoms with van der Waals surface area (Å²) in [6.07, 6.45) is -13.8. The Morgan fingerprint density at radius 2 is 0.564 bits per heavy atom. The molecule has 0 atom stereocenters. The zero-order valence-corrected chi connectivity index (χ0v) is 18.9. The monoisotopic (exact) mass is 561 g/mol. The smallest absolute Gasteiger partial charge is 0.416 e. The van der Waals surface area contributed by atoms with Gasteiger partial charge in [-0.15, -0.1) is 15.0 Å². The predicted molar refractivity (Wildman–Crippen MR) is 114 cm³/mol. The van der Waals surface area contributed by atoms with E-state index < -0.39 is 53.3 Å². The second-order valence-electron chi connectivity index (χ2n) is 7.56. The van der Waals surface area contributed by atoms with Crippen LogP contribution in [-0.2, 0) is 18.5 Å². The summed E-state index contributed by atoms with van der Waals surface area (Å²) < 4.78 is 131. The Hall–Kier alpha value is -4.56. The lowest BCUT2D eigenvalue weighted by Gasteiger charge is -2.11. The lowest BCUT2D eigenvalue weighted by Crippen LogP contribution is -2.05. The molecular formula is C24H12F9N3O3. The van der Waals surface area contributed by atoms with Gasteiger partial charge in [-0.1, -0.05) is 0 Å². The Balaban J connectivity index is 1.62. The quantitative estimate of drug-likeness (QED) is 0.221. The van der Waals surface area contributed by atoms with Crippen molar-refractivity contribution >= 4 is 0 Å². The van der Waals surface area contributed by atoms with E-state index in [0.717, 1.165) is 72.8 Å². The summed E-state index contributed by atoms with van der Waals surface area (Å²) in [4.78, 5) is 11.4. The number of hydrogen-bond acceptors (Lipinski definition) is 6. The van der Waals surface area contributed by atoms with E-state index in [0.29, 0.717) is 0 Å². The van der Waals surface area contributed by atoms with E-state index in [-0.39, 0.29) is 17.2 Å². The lowest BCUT2D eigenvalue weighted by atomic mass is 10.2. The Morgan fingerprint density at radius 3 is 0.744 bits per heavy atom. The number of halogens is 9. The summed E-state index contributed by atoms with van der Waals surface area (Å²) >= 11 is 0. The summed E-state index contributed by atoms with van der Waals surface area (Å²) in [6, 6.07) is 8.54. The Morgan fingerprint density at radius 1 is 0.359 bits per heavy atom. The number of aromatic nitrogens is 3. The Labute approximate surface area is 212 Å². The topological polar surface area (TPSA) is 66.4 Å². The number of nitrogens with zero attached hydrogens (tertiary/aromatic N) is 3. The van der Waals surface area contributed by atoms with Crippen molar-refractivity contribution in [3.05, 3.63) is 89.5 Å². The molecule has 3 aromatic carbocycles. The van der Waals surface area contributed by atoms with Gasteiger partial charge in [-0.05, 0) is 72.8 Å². The third-order valence-corrected chi connectivity index (χ3v) is 4.75. The molecule has 0 aliphatic carbocycles. The zero-order chi connectivity index (χ0) is 28.4. The first kappa shape index (κ1) is 27.5. The van der Waals surface area contributed by atoms with Crippen molar-refractivity contribution < 1.29 is 53.7 Å². The third-order valence-electron chi connectivity index (χ3n) is 4.75. The third kappa shape index (κ3) is 7.27. The van der Waals surface area contributed by atoms with Gasteiger partial charge in [0.1, 0.15) is 17.2 Å². The van der Waals surface area contributed by atoms with Crippen LogP contribution in [0.5, 0.6) is 35.3 Å². The predicted octanol–water partition coefficient (Wildman–Crippen LogP) is 8.30. The van der Waals surface area contributed by atoms with Crippen LogP contribution in [0.25, 0.3) is 0 Å². The molecule has 204 valence electrons. The maximum Gasteiger partial charge on any atom is 0.416 e. The maximum atomic E-state index is 12.8. The number of ether oxygens (including phenoxy) is 3. The van der Waals surface area contributed by atoms with E-state index in [1.807, 2.05) is 0 Å². The van der Waals surface area contributed by atoms with E-state index in [9.17, 15) is 39.5 Å². The van der Waals surface area contributed by atoms with Crippen LogP contribution in [0.3, 0.4) is 0 Å². The fourth-order valence-electron chi connectivity index (χ4n) is 2.91. The summed E-state index contributed by atoms with van der Waals surface area (Å²) in [7, 11) is 0. The molecule has 0 aliphatic rings. The summed E-state index contributed by atoms with van der Waals surface area (Å²) in [5, 5.41) is 0. The van der Waals surface area contributed by atoms with Gasteiger partial charge in [0.2, 0.25) is 0 Å². The van der Waals surface area contributed by atoms with Crippen LogP contribution >= 0.6 is 0 Å². The average Bonchev–Trinajstić information content (AvgIpc) is 2.83. The van der Waals surface area contributed by atoms with Crippen molar-refractivity contribution in [3.63, 3.8) is 0 Å². The Kier molecular flexibility index (Phi) is 7.26. The number of benzene rings is 3. The number of rotatable bonds is 6. The highest BCUT2D eigenvalue weighted by Crippen LogP contribution is 2.34. The van der Waals surface area contributed by atoms with Crippen LogP contribution in [0, 0.1) is 0 Å². The van der Waals surface area contributed by atoms with E-state index in [2.05, 4.69) is 15.0 Å². The molecule has 0 amide bonds. The maximum absolute atomic E-state index is 12.8. The average molecular weight is 561 g/mol. The van der Waals surface area contributed by atoms with Crippen molar-refractivity contribution in [1.82, 2.24) is 15.0 Å². The Bertz CT molecular complexity index is 1230. The first-order valence-electron chi connectivity index (χ1n) is 10.5. The van der Waals surface area contributed by atoms with E-state index in [1.165, 1.54) is 0 Å². The van der Waals surface area contributed by atoms with Crippen LogP contribution in [0.15, 0.2) is 72.8 Å². The van der Waals surface area contributed by atoms with E-state index in [4.69, 9.17) is 14.2 Å². The minimum atomic E-state index is -4.60. The molecule has 0 fully saturated rings. The molecule has 1 aromatic heterocycles. The molecular weight excluding hydrogens is 549 g/mol. The van der Waals surface area contributed by atoms with Gasteiger partial charge in [-0.3, -0.25) is 0 Å². The lowest BCUT2D eigenvalue weighted by molar-refractivity contribution is -0.138. The number of hydrogen-bond donors (Lipinski definition) is 0. The van der Waals surface area contributed by atoms with Crippen LogP contribution in [0.2, 0.25) is 0 Å². The molecule has 0 spiro atoms. The van der Waals surface area contributed by atoms with Gasteiger partial charge in [0.05, 0.1) is 16.7 Å². The van der Waals surface area contributed by atoms with Crippen LogP contribution < -0.4 is 14.2 Å². The van der Waals surface area contributed by atoms with Gasteiger partial charge < -0.3 is 14.2 Å². The summed E-state index contributed by atoms with van der Waals surface area (Å²) in [5.74, 6) is -0.430. The minimum absolute atomic E-state index is 0.143. The highest BCUT2D eigenvalue weighted by Gasteiger charge is 2.31. The van der Waals surface area contributed by atoms with Gasteiger partial charge in [-0.2, -0.15) is 39.5 Å². The van der Waals surface area contributed by atoms with Crippen molar-refractivity contribution in [2.24, 2.45) is 0 Å².